The minimum atomic E-state index is 0.446. The minimum Gasteiger partial charge on any atom is -0.383 e. The number of anilines is 2. The van der Waals surface area contributed by atoms with E-state index in [1.807, 2.05) is 43.3 Å². The van der Waals surface area contributed by atoms with Crippen molar-refractivity contribution < 1.29 is 0 Å². The number of hydrogen-bond acceptors (Lipinski definition) is 5. The molecule has 0 aliphatic carbocycles. The van der Waals surface area contributed by atoms with Gasteiger partial charge in [-0.05, 0) is 32.0 Å². The van der Waals surface area contributed by atoms with Gasteiger partial charge in [-0.25, -0.2) is 9.67 Å². The first-order chi connectivity index (χ1) is 11.5. The largest absolute Gasteiger partial charge is 0.383 e. The molecule has 0 aliphatic heterocycles. The van der Waals surface area contributed by atoms with Crippen LogP contribution in [-0.4, -0.2) is 27.5 Å². The normalized spacial score (nSPS) is 10.6. The van der Waals surface area contributed by atoms with Gasteiger partial charge in [-0.3, -0.25) is 0 Å². The van der Waals surface area contributed by atoms with Crippen molar-refractivity contribution in [1.82, 2.24) is 14.8 Å². The van der Waals surface area contributed by atoms with E-state index >= 15 is 0 Å². The molecule has 0 amide bonds. The van der Waals surface area contributed by atoms with E-state index in [2.05, 4.69) is 15.4 Å². The highest BCUT2D eigenvalue weighted by atomic mass is 15.3. The molecule has 3 aromatic rings. The number of nitrogens with zero attached hydrogens (tertiary/aromatic N) is 3. The molecule has 122 valence electrons. The van der Waals surface area contributed by atoms with Crippen LogP contribution in [0.1, 0.15) is 18.1 Å². The van der Waals surface area contributed by atoms with Gasteiger partial charge < -0.3 is 16.5 Å². The van der Waals surface area contributed by atoms with Gasteiger partial charge in [0.1, 0.15) is 11.6 Å². The summed E-state index contributed by atoms with van der Waals surface area (Å²) >= 11 is 0. The van der Waals surface area contributed by atoms with Crippen molar-refractivity contribution in [1.29, 1.82) is 5.41 Å². The Bertz CT molecular complexity index is 895. The Kier molecular flexibility index (Phi) is 4.04. The van der Waals surface area contributed by atoms with E-state index < -0.39 is 0 Å². The van der Waals surface area contributed by atoms with Crippen LogP contribution in [0.5, 0.6) is 0 Å². The molecule has 0 fully saturated rings. The van der Waals surface area contributed by atoms with Crippen LogP contribution < -0.4 is 11.1 Å². The molecule has 0 saturated heterocycles. The standard InChI is InChI=1S/C18H20N6/c1-11-16(13-9-15(12(2)19)18(21-3)22-10-13)23-24(17(11)20)14-7-5-4-6-8-14/h4-10,19H,20H2,1-3H3,(H,21,22). The fourth-order valence-electron chi connectivity index (χ4n) is 2.63. The van der Waals surface area contributed by atoms with E-state index in [4.69, 9.17) is 11.1 Å². The summed E-state index contributed by atoms with van der Waals surface area (Å²) in [7, 11) is 1.79. The van der Waals surface area contributed by atoms with Crippen molar-refractivity contribution in [3.05, 3.63) is 53.7 Å². The predicted octanol–water partition coefficient (Wildman–Crippen LogP) is 3.25. The predicted molar refractivity (Wildman–Crippen MR) is 98.0 cm³/mol. The third-order valence-corrected chi connectivity index (χ3v) is 3.97. The fraction of sp³-hybridized carbons (Fsp3) is 0.167. The van der Waals surface area contributed by atoms with E-state index in [9.17, 15) is 0 Å². The zero-order valence-electron chi connectivity index (χ0n) is 14.0. The number of hydrogen-bond donors (Lipinski definition) is 3. The van der Waals surface area contributed by atoms with E-state index in [1.165, 1.54) is 0 Å². The van der Waals surface area contributed by atoms with Crippen molar-refractivity contribution in [2.75, 3.05) is 18.1 Å². The molecule has 0 saturated carbocycles. The monoisotopic (exact) mass is 320 g/mol. The van der Waals surface area contributed by atoms with Gasteiger partial charge in [-0.2, -0.15) is 5.10 Å². The molecule has 24 heavy (non-hydrogen) atoms. The van der Waals surface area contributed by atoms with E-state index in [-0.39, 0.29) is 0 Å². The van der Waals surface area contributed by atoms with Gasteiger partial charge in [0, 0.05) is 35.6 Å². The zero-order chi connectivity index (χ0) is 17.3. The molecular weight excluding hydrogens is 300 g/mol. The molecular formula is C18H20N6. The molecule has 0 aliphatic rings. The maximum absolute atomic E-state index is 7.94. The lowest BCUT2D eigenvalue weighted by atomic mass is 10.1. The second-order valence-corrected chi connectivity index (χ2v) is 5.60. The Hall–Kier alpha value is -3.15. The Morgan fingerprint density at radius 2 is 1.96 bits per heavy atom. The van der Waals surface area contributed by atoms with E-state index in [0.29, 0.717) is 17.3 Å². The summed E-state index contributed by atoms with van der Waals surface area (Å²) in [5.41, 5.74) is 10.9. The molecule has 0 spiro atoms. The van der Waals surface area contributed by atoms with Crippen molar-refractivity contribution in [2.24, 2.45) is 0 Å². The summed E-state index contributed by atoms with van der Waals surface area (Å²) in [6.45, 7) is 3.69. The maximum atomic E-state index is 7.94. The highest BCUT2D eigenvalue weighted by Crippen LogP contribution is 2.30. The number of benzene rings is 1. The summed E-state index contributed by atoms with van der Waals surface area (Å²) in [5, 5.41) is 15.6. The lowest BCUT2D eigenvalue weighted by Crippen LogP contribution is -2.03. The topological polar surface area (TPSA) is 92.6 Å². The van der Waals surface area contributed by atoms with E-state index in [0.717, 1.165) is 28.1 Å². The van der Waals surface area contributed by atoms with Crippen LogP contribution in [0, 0.1) is 12.3 Å². The number of rotatable bonds is 4. The van der Waals surface area contributed by atoms with Crippen LogP contribution in [0.3, 0.4) is 0 Å². The summed E-state index contributed by atoms with van der Waals surface area (Å²) < 4.78 is 1.73. The lowest BCUT2D eigenvalue weighted by Gasteiger charge is -2.08. The highest BCUT2D eigenvalue weighted by Gasteiger charge is 2.16. The summed E-state index contributed by atoms with van der Waals surface area (Å²) in [6, 6.07) is 11.7. The number of aromatic nitrogens is 3. The third-order valence-electron chi connectivity index (χ3n) is 3.97. The molecule has 4 N–H and O–H groups in total. The number of pyridine rings is 1. The minimum absolute atomic E-state index is 0.446. The molecule has 2 aromatic heterocycles. The Morgan fingerprint density at radius 1 is 1.25 bits per heavy atom. The molecule has 0 atom stereocenters. The second-order valence-electron chi connectivity index (χ2n) is 5.60. The van der Waals surface area contributed by atoms with Crippen LogP contribution in [0.25, 0.3) is 16.9 Å². The average Bonchev–Trinajstić information content (AvgIpc) is 2.90. The first-order valence-electron chi connectivity index (χ1n) is 7.67. The molecule has 6 nitrogen and oxygen atoms in total. The quantitative estimate of drug-likeness (QED) is 0.643. The number of para-hydroxylation sites is 1. The van der Waals surface area contributed by atoms with Gasteiger partial charge in [-0.1, -0.05) is 18.2 Å². The number of nitrogen functional groups attached to an aromatic ring is 1. The van der Waals surface area contributed by atoms with Crippen LogP contribution in [0.2, 0.25) is 0 Å². The molecule has 0 bridgehead atoms. The lowest BCUT2D eigenvalue weighted by molar-refractivity contribution is 0.894. The molecule has 0 radical (unpaired) electrons. The van der Waals surface area contributed by atoms with Gasteiger partial charge in [-0.15, -0.1) is 0 Å². The molecule has 6 heteroatoms. The smallest absolute Gasteiger partial charge is 0.134 e. The van der Waals surface area contributed by atoms with Gasteiger partial charge >= 0.3 is 0 Å². The SMILES string of the molecule is CNc1ncc(-c2nn(-c3ccccc3)c(N)c2C)cc1C(C)=N. The zero-order valence-corrected chi connectivity index (χ0v) is 14.0. The molecule has 0 unspecified atom stereocenters. The molecule has 3 rings (SSSR count). The first-order valence-corrected chi connectivity index (χ1v) is 7.67. The Labute approximate surface area is 140 Å². The van der Waals surface area contributed by atoms with Gasteiger partial charge in [0.15, 0.2) is 0 Å². The summed E-state index contributed by atoms with van der Waals surface area (Å²) in [5.74, 6) is 1.28. The van der Waals surface area contributed by atoms with Gasteiger partial charge in [0.25, 0.3) is 0 Å². The average molecular weight is 320 g/mol. The van der Waals surface area contributed by atoms with Crippen molar-refractivity contribution in [3.63, 3.8) is 0 Å². The van der Waals surface area contributed by atoms with E-state index in [1.54, 1.807) is 24.9 Å². The fourth-order valence-corrected chi connectivity index (χ4v) is 2.63. The van der Waals surface area contributed by atoms with Gasteiger partial charge in [0.05, 0.1) is 11.4 Å². The Morgan fingerprint density at radius 3 is 2.58 bits per heavy atom. The number of nitrogens with one attached hydrogen (secondary N) is 2. The summed E-state index contributed by atoms with van der Waals surface area (Å²) in [4.78, 5) is 4.41. The van der Waals surface area contributed by atoms with Crippen LogP contribution in [-0.2, 0) is 0 Å². The third kappa shape index (κ3) is 2.62. The summed E-state index contributed by atoms with van der Waals surface area (Å²) in [6.07, 6.45) is 1.75. The number of nitrogens with two attached hydrogens (primary N) is 1. The van der Waals surface area contributed by atoms with Crippen molar-refractivity contribution >= 4 is 17.3 Å². The van der Waals surface area contributed by atoms with Crippen LogP contribution >= 0.6 is 0 Å². The van der Waals surface area contributed by atoms with Crippen LogP contribution in [0.4, 0.5) is 11.6 Å². The van der Waals surface area contributed by atoms with Crippen molar-refractivity contribution in [2.45, 2.75) is 13.8 Å². The van der Waals surface area contributed by atoms with Crippen molar-refractivity contribution in [3.8, 4) is 16.9 Å². The second kappa shape index (κ2) is 6.16. The highest BCUT2D eigenvalue weighted by molar-refractivity contribution is 6.01. The van der Waals surface area contributed by atoms with Crippen LogP contribution in [0.15, 0.2) is 42.6 Å². The molecule has 1 aromatic carbocycles. The molecule has 2 heterocycles. The first kappa shape index (κ1) is 15.7. The maximum Gasteiger partial charge on any atom is 0.134 e. The van der Waals surface area contributed by atoms with Gasteiger partial charge in [0.2, 0.25) is 0 Å². The Balaban J connectivity index is 2.14.